The molecule has 0 amide bonds. The lowest BCUT2D eigenvalue weighted by Gasteiger charge is -2.16. The van der Waals surface area contributed by atoms with Gasteiger partial charge in [0.15, 0.2) is 11.6 Å². The number of rotatable bonds is 1. The lowest BCUT2D eigenvalue weighted by Crippen LogP contribution is -2.27. The number of nitrogens with two attached hydrogens (primary N) is 1. The van der Waals surface area contributed by atoms with Gasteiger partial charge in [0.05, 0.1) is 0 Å². The third-order valence-corrected chi connectivity index (χ3v) is 2.26. The molecule has 3 nitrogen and oxygen atoms in total. The predicted octanol–water partition coefficient (Wildman–Crippen LogP) is 0.758. The van der Waals surface area contributed by atoms with Gasteiger partial charge in [-0.1, -0.05) is 0 Å². The number of nitrogens with zero attached hydrogens (tertiary/aromatic N) is 2. The smallest absolute Gasteiger partial charge is 0.165 e. The summed E-state index contributed by atoms with van der Waals surface area (Å²) in [4.78, 5) is 5.88. The van der Waals surface area contributed by atoms with Crippen molar-refractivity contribution in [3.05, 3.63) is 24.1 Å². The molecule has 2 N–H and O–H groups in total. The summed E-state index contributed by atoms with van der Waals surface area (Å²) < 4.78 is 13.2. The Bertz CT molecular complexity index is 303. The van der Waals surface area contributed by atoms with Crippen molar-refractivity contribution >= 4 is 5.82 Å². The van der Waals surface area contributed by atoms with Gasteiger partial charge in [-0.3, -0.25) is 0 Å². The van der Waals surface area contributed by atoms with Crippen LogP contribution in [0.1, 0.15) is 6.42 Å². The molecule has 1 saturated heterocycles. The van der Waals surface area contributed by atoms with Gasteiger partial charge >= 0.3 is 0 Å². The Balaban J connectivity index is 2.21. The summed E-state index contributed by atoms with van der Waals surface area (Å²) in [5.74, 6) is 0.159. The van der Waals surface area contributed by atoms with Gasteiger partial charge in [0.2, 0.25) is 0 Å². The van der Waals surface area contributed by atoms with E-state index in [2.05, 4.69) is 4.98 Å². The van der Waals surface area contributed by atoms with Crippen molar-refractivity contribution < 1.29 is 4.39 Å². The van der Waals surface area contributed by atoms with Crippen LogP contribution in [0.15, 0.2) is 18.3 Å². The SMILES string of the molecule is N[C@H]1CCN(c2ncccc2F)C1. The molecule has 2 heterocycles. The minimum Gasteiger partial charge on any atom is -0.353 e. The van der Waals surface area contributed by atoms with Gasteiger partial charge in [-0.15, -0.1) is 0 Å². The molecule has 1 aliphatic heterocycles. The predicted molar refractivity (Wildman–Crippen MR) is 49.0 cm³/mol. The fourth-order valence-electron chi connectivity index (χ4n) is 1.59. The molecule has 13 heavy (non-hydrogen) atoms. The normalized spacial score (nSPS) is 22.3. The maximum absolute atomic E-state index is 13.2. The summed E-state index contributed by atoms with van der Waals surface area (Å²) in [6.07, 6.45) is 2.51. The molecule has 4 heteroatoms. The second-order valence-electron chi connectivity index (χ2n) is 3.30. The summed E-state index contributed by atoms with van der Waals surface area (Å²) in [5.41, 5.74) is 5.72. The Kier molecular flexibility index (Phi) is 2.14. The van der Waals surface area contributed by atoms with E-state index in [1.807, 2.05) is 4.90 Å². The molecule has 0 unspecified atom stereocenters. The molecular formula is C9H12FN3. The topological polar surface area (TPSA) is 42.1 Å². The molecular weight excluding hydrogens is 169 g/mol. The minimum atomic E-state index is -0.267. The molecule has 70 valence electrons. The Labute approximate surface area is 76.4 Å². The van der Waals surface area contributed by atoms with E-state index in [9.17, 15) is 4.39 Å². The highest BCUT2D eigenvalue weighted by Gasteiger charge is 2.22. The van der Waals surface area contributed by atoms with Gasteiger partial charge in [-0.25, -0.2) is 9.37 Å². The van der Waals surface area contributed by atoms with Crippen LogP contribution in [-0.2, 0) is 0 Å². The molecule has 1 atom stereocenters. The van der Waals surface area contributed by atoms with Crippen molar-refractivity contribution in [1.29, 1.82) is 0 Å². The number of hydrogen-bond acceptors (Lipinski definition) is 3. The molecule has 0 spiro atoms. The number of anilines is 1. The molecule has 2 rings (SSSR count). The van der Waals surface area contributed by atoms with Crippen LogP contribution in [0.5, 0.6) is 0 Å². The van der Waals surface area contributed by atoms with Gasteiger partial charge in [0, 0.05) is 25.3 Å². The second kappa shape index (κ2) is 3.30. The van der Waals surface area contributed by atoms with E-state index in [1.54, 1.807) is 12.3 Å². The van der Waals surface area contributed by atoms with Crippen molar-refractivity contribution in [2.24, 2.45) is 5.73 Å². The maximum atomic E-state index is 13.2. The lowest BCUT2D eigenvalue weighted by atomic mass is 10.3. The highest BCUT2D eigenvalue weighted by Crippen LogP contribution is 2.19. The Morgan fingerprint density at radius 1 is 1.62 bits per heavy atom. The van der Waals surface area contributed by atoms with Crippen LogP contribution in [-0.4, -0.2) is 24.1 Å². The average molecular weight is 181 g/mol. The summed E-state index contributed by atoms with van der Waals surface area (Å²) in [6.45, 7) is 1.50. The van der Waals surface area contributed by atoms with Crippen LogP contribution in [0, 0.1) is 5.82 Å². The van der Waals surface area contributed by atoms with E-state index in [-0.39, 0.29) is 11.9 Å². The maximum Gasteiger partial charge on any atom is 0.165 e. The van der Waals surface area contributed by atoms with Gasteiger partial charge < -0.3 is 10.6 Å². The molecule has 0 radical (unpaired) electrons. The summed E-state index contributed by atoms with van der Waals surface area (Å²) in [7, 11) is 0. The van der Waals surface area contributed by atoms with Gasteiger partial charge in [-0.05, 0) is 18.6 Å². The van der Waals surface area contributed by atoms with Crippen LogP contribution in [0.3, 0.4) is 0 Å². The van der Waals surface area contributed by atoms with E-state index >= 15 is 0 Å². The number of halogens is 1. The Morgan fingerprint density at radius 3 is 3.08 bits per heavy atom. The first-order chi connectivity index (χ1) is 6.27. The molecule has 0 aliphatic carbocycles. The molecule has 1 aliphatic rings. The molecule has 0 aromatic carbocycles. The van der Waals surface area contributed by atoms with Crippen LogP contribution >= 0.6 is 0 Å². The highest BCUT2D eigenvalue weighted by molar-refractivity contribution is 5.41. The highest BCUT2D eigenvalue weighted by atomic mass is 19.1. The quantitative estimate of drug-likeness (QED) is 0.695. The standard InChI is InChI=1S/C9H12FN3/c10-8-2-1-4-12-9(8)13-5-3-7(11)6-13/h1-2,4,7H,3,5-6,11H2/t7-/m0/s1. The van der Waals surface area contributed by atoms with Crippen molar-refractivity contribution in [3.63, 3.8) is 0 Å². The van der Waals surface area contributed by atoms with E-state index in [1.165, 1.54) is 6.07 Å². The number of pyridine rings is 1. The van der Waals surface area contributed by atoms with Gasteiger partial charge in [0.1, 0.15) is 0 Å². The van der Waals surface area contributed by atoms with Crippen molar-refractivity contribution in [2.45, 2.75) is 12.5 Å². The van der Waals surface area contributed by atoms with Crippen molar-refractivity contribution in [1.82, 2.24) is 4.98 Å². The molecule has 1 aromatic rings. The second-order valence-corrected chi connectivity index (χ2v) is 3.30. The van der Waals surface area contributed by atoms with Gasteiger partial charge in [0.25, 0.3) is 0 Å². The van der Waals surface area contributed by atoms with Gasteiger partial charge in [-0.2, -0.15) is 0 Å². The molecule has 0 saturated carbocycles. The molecule has 1 aromatic heterocycles. The fourth-order valence-corrected chi connectivity index (χ4v) is 1.59. The van der Waals surface area contributed by atoms with Crippen LogP contribution in [0.25, 0.3) is 0 Å². The van der Waals surface area contributed by atoms with E-state index in [4.69, 9.17) is 5.73 Å². The Hall–Kier alpha value is -1.16. The average Bonchev–Trinajstić information content (AvgIpc) is 2.53. The first-order valence-corrected chi connectivity index (χ1v) is 4.38. The lowest BCUT2D eigenvalue weighted by molar-refractivity contribution is 0.615. The monoisotopic (exact) mass is 181 g/mol. The van der Waals surface area contributed by atoms with Crippen LogP contribution in [0.2, 0.25) is 0 Å². The zero-order chi connectivity index (χ0) is 9.26. The summed E-state index contributed by atoms with van der Waals surface area (Å²) >= 11 is 0. The van der Waals surface area contributed by atoms with Crippen molar-refractivity contribution in [2.75, 3.05) is 18.0 Å². The number of aromatic nitrogens is 1. The van der Waals surface area contributed by atoms with E-state index < -0.39 is 0 Å². The third-order valence-electron chi connectivity index (χ3n) is 2.26. The largest absolute Gasteiger partial charge is 0.353 e. The first kappa shape index (κ1) is 8.44. The zero-order valence-electron chi connectivity index (χ0n) is 7.28. The van der Waals surface area contributed by atoms with E-state index in [0.717, 1.165) is 13.0 Å². The van der Waals surface area contributed by atoms with Crippen LogP contribution in [0.4, 0.5) is 10.2 Å². The molecule has 1 fully saturated rings. The Morgan fingerprint density at radius 2 is 2.46 bits per heavy atom. The zero-order valence-corrected chi connectivity index (χ0v) is 7.28. The minimum absolute atomic E-state index is 0.154. The fraction of sp³-hybridized carbons (Fsp3) is 0.444. The number of hydrogen-bond donors (Lipinski definition) is 1. The summed E-state index contributed by atoms with van der Waals surface area (Å²) in [5, 5.41) is 0. The summed E-state index contributed by atoms with van der Waals surface area (Å²) in [6, 6.07) is 3.17. The van der Waals surface area contributed by atoms with Crippen molar-refractivity contribution in [3.8, 4) is 0 Å². The first-order valence-electron chi connectivity index (χ1n) is 4.38. The third kappa shape index (κ3) is 1.62. The van der Waals surface area contributed by atoms with Crippen LogP contribution < -0.4 is 10.6 Å². The molecule has 0 bridgehead atoms. The van der Waals surface area contributed by atoms with E-state index in [0.29, 0.717) is 12.4 Å².